The molecule has 4 rings (SSSR count). The number of sulfonamides is 1. The minimum absolute atomic E-state index is 0.154. The van der Waals surface area contributed by atoms with Crippen molar-refractivity contribution in [1.29, 1.82) is 0 Å². The number of ether oxygens (including phenoxy) is 1. The Balaban J connectivity index is 1.62. The van der Waals surface area contributed by atoms with Gasteiger partial charge in [0, 0.05) is 30.6 Å². The molecule has 1 aromatic heterocycles. The van der Waals surface area contributed by atoms with Gasteiger partial charge in [-0.2, -0.15) is 4.31 Å². The normalized spacial score (nSPS) is 14.6. The first-order valence-corrected chi connectivity index (χ1v) is 10.4. The largest absolute Gasteiger partial charge is 0.494 e. The Labute approximate surface area is 162 Å². The van der Waals surface area contributed by atoms with E-state index in [0.29, 0.717) is 42.2 Å². The molecular weight excluding hydrogens is 383 g/mol. The summed E-state index contributed by atoms with van der Waals surface area (Å²) < 4.78 is 51.6. The highest BCUT2D eigenvalue weighted by Crippen LogP contribution is 2.33. The second-order valence-corrected chi connectivity index (χ2v) is 8.37. The van der Waals surface area contributed by atoms with Gasteiger partial charge in [-0.05, 0) is 55.5 Å². The molecule has 146 valence electrons. The Bertz CT molecular complexity index is 1080. The smallest absolute Gasteiger partial charge is 0.243 e. The van der Waals surface area contributed by atoms with Crippen LogP contribution in [0.3, 0.4) is 0 Å². The molecule has 2 aromatic carbocycles. The zero-order chi connectivity index (χ0) is 19.7. The molecular formula is C20H19FN2O4S. The number of hydrogen-bond acceptors (Lipinski definition) is 5. The predicted octanol–water partition coefficient (Wildman–Crippen LogP) is 3.63. The van der Waals surface area contributed by atoms with Crippen LogP contribution in [0.25, 0.3) is 11.3 Å². The number of rotatable bonds is 5. The van der Waals surface area contributed by atoms with Gasteiger partial charge in [-0.25, -0.2) is 12.8 Å². The number of fused-ring (bicyclic) bond motifs is 1. The molecule has 3 aromatic rings. The van der Waals surface area contributed by atoms with E-state index in [-0.39, 0.29) is 17.3 Å². The van der Waals surface area contributed by atoms with Gasteiger partial charge in [0.15, 0.2) is 5.76 Å². The lowest BCUT2D eigenvalue weighted by Gasteiger charge is -2.25. The maximum Gasteiger partial charge on any atom is 0.243 e. The minimum atomic E-state index is -3.67. The summed E-state index contributed by atoms with van der Waals surface area (Å²) in [5.74, 6) is 0.749. The van der Waals surface area contributed by atoms with Crippen LogP contribution in [0.2, 0.25) is 0 Å². The van der Waals surface area contributed by atoms with Crippen molar-refractivity contribution in [2.75, 3.05) is 13.2 Å². The monoisotopic (exact) mass is 402 g/mol. The van der Waals surface area contributed by atoms with E-state index in [0.717, 1.165) is 5.69 Å². The van der Waals surface area contributed by atoms with Crippen molar-refractivity contribution < 1.29 is 22.1 Å². The van der Waals surface area contributed by atoms with Crippen LogP contribution < -0.4 is 4.74 Å². The maximum atomic E-state index is 13.2. The number of halogens is 1. The molecule has 8 heteroatoms. The quantitative estimate of drug-likeness (QED) is 0.652. The summed E-state index contributed by atoms with van der Waals surface area (Å²) in [4.78, 5) is 0.208. The third-order valence-corrected chi connectivity index (χ3v) is 6.54. The Morgan fingerprint density at radius 2 is 1.86 bits per heavy atom. The van der Waals surface area contributed by atoms with E-state index >= 15 is 0 Å². The van der Waals surface area contributed by atoms with Crippen LogP contribution in [0.1, 0.15) is 18.2 Å². The first-order valence-electron chi connectivity index (χ1n) is 8.95. The molecule has 0 bridgehead atoms. The number of benzene rings is 2. The summed E-state index contributed by atoms with van der Waals surface area (Å²) in [6.45, 7) is 2.85. The lowest BCUT2D eigenvalue weighted by molar-refractivity contribution is 0.340. The van der Waals surface area contributed by atoms with Gasteiger partial charge in [-0.1, -0.05) is 5.16 Å². The van der Waals surface area contributed by atoms with Crippen LogP contribution in [0.4, 0.5) is 4.39 Å². The molecule has 0 radical (unpaired) electrons. The van der Waals surface area contributed by atoms with E-state index in [2.05, 4.69) is 5.16 Å². The number of hydrogen-bond donors (Lipinski definition) is 0. The highest BCUT2D eigenvalue weighted by Gasteiger charge is 2.32. The molecule has 0 unspecified atom stereocenters. The van der Waals surface area contributed by atoms with Crippen molar-refractivity contribution in [1.82, 2.24) is 9.46 Å². The van der Waals surface area contributed by atoms with Gasteiger partial charge in [-0.15, -0.1) is 0 Å². The lowest BCUT2D eigenvalue weighted by atomic mass is 10.0. The lowest BCUT2D eigenvalue weighted by Crippen LogP contribution is -2.35. The summed E-state index contributed by atoms with van der Waals surface area (Å²) in [5.41, 5.74) is 2.11. The minimum Gasteiger partial charge on any atom is -0.494 e. The van der Waals surface area contributed by atoms with Crippen LogP contribution in [0, 0.1) is 5.82 Å². The number of aromatic nitrogens is 1. The van der Waals surface area contributed by atoms with Gasteiger partial charge in [0.2, 0.25) is 10.0 Å². The third-order valence-electron chi connectivity index (χ3n) is 4.68. The average molecular weight is 402 g/mol. The van der Waals surface area contributed by atoms with E-state index < -0.39 is 10.0 Å². The van der Waals surface area contributed by atoms with E-state index in [1.165, 1.54) is 16.4 Å². The summed E-state index contributed by atoms with van der Waals surface area (Å²) in [6.07, 6.45) is 0.455. The zero-order valence-corrected chi connectivity index (χ0v) is 16.1. The molecule has 0 spiro atoms. The fourth-order valence-electron chi connectivity index (χ4n) is 3.24. The van der Waals surface area contributed by atoms with Gasteiger partial charge in [0.1, 0.15) is 11.6 Å². The molecule has 1 aliphatic rings. The van der Waals surface area contributed by atoms with Gasteiger partial charge < -0.3 is 9.26 Å². The van der Waals surface area contributed by atoms with Gasteiger partial charge in [0.25, 0.3) is 0 Å². The van der Waals surface area contributed by atoms with E-state index in [9.17, 15) is 12.8 Å². The zero-order valence-electron chi connectivity index (χ0n) is 15.3. The summed E-state index contributed by atoms with van der Waals surface area (Å²) in [6, 6.07) is 12.2. The van der Waals surface area contributed by atoms with Crippen molar-refractivity contribution in [2.24, 2.45) is 0 Å². The average Bonchev–Trinajstić information content (AvgIpc) is 3.12. The molecule has 2 heterocycles. The first-order chi connectivity index (χ1) is 13.5. The molecule has 28 heavy (non-hydrogen) atoms. The molecule has 0 saturated heterocycles. The van der Waals surface area contributed by atoms with E-state index in [4.69, 9.17) is 9.26 Å². The van der Waals surface area contributed by atoms with Crippen LogP contribution in [-0.4, -0.2) is 31.0 Å². The second kappa shape index (κ2) is 7.37. The summed E-state index contributed by atoms with van der Waals surface area (Å²) >= 11 is 0. The Kier molecular flexibility index (Phi) is 4.91. The highest BCUT2D eigenvalue weighted by molar-refractivity contribution is 7.89. The second-order valence-electron chi connectivity index (χ2n) is 6.44. The van der Waals surface area contributed by atoms with Crippen molar-refractivity contribution in [3.8, 4) is 17.1 Å². The summed E-state index contributed by atoms with van der Waals surface area (Å²) in [7, 11) is -3.67. The molecule has 6 nitrogen and oxygen atoms in total. The molecule has 0 N–H and O–H groups in total. The standard InChI is InChI=1S/C20H19FN2O4S/c1-2-26-16-7-9-17(10-8-16)28(24,25)23-12-11-19-18(13-23)20(27-22-19)14-3-5-15(21)6-4-14/h3-10H,2,11-13H2,1H3. The topological polar surface area (TPSA) is 72.6 Å². The van der Waals surface area contributed by atoms with Gasteiger partial charge >= 0.3 is 0 Å². The molecule has 0 amide bonds. The molecule has 0 aliphatic carbocycles. The van der Waals surface area contributed by atoms with Crippen LogP contribution >= 0.6 is 0 Å². The van der Waals surface area contributed by atoms with Crippen molar-refractivity contribution in [3.05, 3.63) is 65.6 Å². The molecule has 0 saturated carbocycles. The maximum absolute atomic E-state index is 13.2. The van der Waals surface area contributed by atoms with E-state index in [1.54, 1.807) is 36.4 Å². The third kappa shape index (κ3) is 3.41. The number of nitrogens with zero attached hydrogens (tertiary/aromatic N) is 2. The summed E-state index contributed by atoms with van der Waals surface area (Å²) in [5, 5.41) is 4.07. The SMILES string of the molecule is CCOc1ccc(S(=O)(=O)N2CCc3noc(-c4ccc(F)cc4)c3C2)cc1. The van der Waals surface area contributed by atoms with Gasteiger partial charge in [-0.3, -0.25) is 0 Å². The predicted molar refractivity (Wildman–Crippen MR) is 101 cm³/mol. The van der Waals surface area contributed by atoms with Crippen LogP contribution in [0.15, 0.2) is 57.9 Å². The van der Waals surface area contributed by atoms with Crippen molar-refractivity contribution in [2.45, 2.75) is 24.8 Å². The van der Waals surface area contributed by atoms with Crippen molar-refractivity contribution >= 4 is 10.0 Å². The van der Waals surface area contributed by atoms with E-state index in [1.807, 2.05) is 6.92 Å². The fourth-order valence-corrected chi connectivity index (χ4v) is 4.65. The van der Waals surface area contributed by atoms with Crippen LogP contribution in [-0.2, 0) is 23.0 Å². The van der Waals surface area contributed by atoms with Gasteiger partial charge in [0.05, 0.1) is 17.2 Å². The molecule has 1 aliphatic heterocycles. The highest BCUT2D eigenvalue weighted by atomic mass is 32.2. The Hall–Kier alpha value is -2.71. The fraction of sp³-hybridized carbons (Fsp3) is 0.250. The van der Waals surface area contributed by atoms with Crippen molar-refractivity contribution in [3.63, 3.8) is 0 Å². The first kappa shape index (κ1) is 18.6. The Morgan fingerprint density at radius 3 is 2.54 bits per heavy atom. The molecule has 0 atom stereocenters. The Morgan fingerprint density at radius 1 is 1.14 bits per heavy atom. The molecule has 0 fully saturated rings. The van der Waals surface area contributed by atoms with Crippen LogP contribution in [0.5, 0.6) is 5.75 Å².